The number of carbonyl (C=O) groups is 1. The molecule has 13 heavy (non-hydrogen) atoms. The van der Waals surface area contributed by atoms with Gasteiger partial charge in [0.25, 0.3) is 0 Å². The fourth-order valence-corrected chi connectivity index (χ4v) is 1.69. The van der Waals surface area contributed by atoms with Gasteiger partial charge in [0, 0.05) is 12.5 Å². The zero-order chi connectivity index (χ0) is 9.31. The molecule has 2 aliphatic rings. The van der Waals surface area contributed by atoms with Gasteiger partial charge in [0.1, 0.15) is 6.10 Å². The largest absolute Gasteiger partial charge is 0.427 e. The summed E-state index contributed by atoms with van der Waals surface area (Å²) < 4.78 is 10.4. The summed E-state index contributed by atoms with van der Waals surface area (Å²) in [6.07, 6.45) is 4.27. The molecule has 0 bridgehead atoms. The van der Waals surface area contributed by atoms with E-state index in [0.717, 1.165) is 12.8 Å². The van der Waals surface area contributed by atoms with Crippen LogP contribution in [0.3, 0.4) is 0 Å². The van der Waals surface area contributed by atoms with Gasteiger partial charge in [0.05, 0.1) is 6.61 Å². The van der Waals surface area contributed by atoms with E-state index < -0.39 is 17.9 Å². The maximum absolute atomic E-state index is 11.0. The number of aliphatic hydroxyl groups is 1. The van der Waals surface area contributed by atoms with Crippen LogP contribution in [-0.2, 0) is 14.3 Å². The molecule has 0 radical (unpaired) electrons. The van der Waals surface area contributed by atoms with Crippen LogP contribution in [0.25, 0.3) is 0 Å². The minimum absolute atomic E-state index is 0.438. The van der Waals surface area contributed by atoms with Gasteiger partial charge in [-0.15, -0.1) is 0 Å². The number of hydrogen-bond acceptors (Lipinski definition) is 4. The molecule has 2 atom stereocenters. The van der Waals surface area contributed by atoms with Crippen LogP contribution in [-0.4, -0.2) is 29.6 Å². The van der Waals surface area contributed by atoms with Crippen LogP contribution in [0.1, 0.15) is 19.3 Å². The van der Waals surface area contributed by atoms with Crippen molar-refractivity contribution in [1.29, 1.82) is 0 Å². The predicted molar refractivity (Wildman–Crippen MR) is 43.8 cm³/mol. The van der Waals surface area contributed by atoms with Gasteiger partial charge < -0.3 is 14.6 Å². The molecule has 1 N–H and O–H groups in total. The van der Waals surface area contributed by atoms with E-state index >= 15 is 0 Å². The van der Waals surface area contributed by atoms with Crippen molar-refractivity contribution in [2.75, 3.05) is 6.61 Å². The van der Waals surface area contributed by atoms with Crippen LogP contribution >= 0.6 is 0 Å². The van der Waals surface area contributed by atoms with Gasteiger partial charge in [0.2, 0.25) is 5.79 Å². The van der Waals surface area contributed by atoms with E-state index in [1.807, 2.05) is 0 Å². The molecule has 2 rings (SSSR count). The summed E-state index contributed by atoms with van der Waals surface area (Å²) >= 11 is 0. The minimum atomic E-state index is -1.09. The van der Waals surface area contributed by atoms with Crippen molar-refractivity contribution in [1.82, 2.24) is 0 Å². The molecule has 1 fully saturated rings. The Balaban J connectivity index is 2.19. The molecule has 0 unspecified atom stereocenters. The standard InChI is InChI=1S/C9H12O4/c10-7-3-4-8(11)13-9(7)5-1-2-6-12-9/h3-4,7,10H,1-2,5-6H2/t7-,9-/m1/s1. The highest BCUT2D eigenvalue weighted by Gasteiger charge is 2.45. The van der Waals surface area contributed by atoms with E-state index in [1.54, 1.807) is 0 Å². The van der Waals surface area contributed by atoms with Gasteiger partial charge >= 0.3 is 5.97 Å². The highest BCUT2D eigenvalue weighted by molar-refractivity contribution is 5.83. The summed E-state index contributed by atoms with van der Waals surface area (Å²) in [7, 11) is 0. The van der Waals surface area contributed by atoms with Crippen LogP contribution in [0.15, 0.2) is 12.2 Å². The van der Waals surface area contributed by atoms with Crippen molar-refractivity contribution in [3.8, 4) is 0 Å². The average molecular weight is 184 g/mol. The van der Waals surface area contributed by atoms with Crippen molar-refractivity contribution in [2.24, 2.45) is 0 Å². The van der Waals surface area contributed by atoms with Crippen LogP contribution in [0, 0.1) is 0 Å². The molecule has 72 valence electrons. The Kier molecular flexibility index (Phi) is 2.09. The molecule has 0 saturated carbocycles. The second kappa shape index (κ2) is 3.12. The monoisotopic (exact) mass is 184 g/mol. The maximum Gasteiger partial charge on any atom is 0.333 e. The molecule has 4 heteroatoms. The molecule has 0 aliphatic carbocycles. The van der Waals surface area contributed by atoms with Crippen molar-refractivity contribution in [3.05, 3.63) is 12.2 Å². The van der Waals surface area contributed by atoms with Gasteiger partial charge in [-0.05, 0) is 18.9 Å². The lowest BCUT2D eigenvalue weighted by Crippen LogP contribution is -2.51. The zero-order valence-corrected chi connectivity index (χ0v) is 7.23. The lowest BCUT2D eigenvalue weighted by Gasteiger charge is -2.40. The summed E-state index contributed by atoms with van der Waals surface area (Å²) in [5.41, 5.74) is 0. The summed E-state index contributed by atoms with van der Waals surface area (Å²) in [6, 6.07) is 0. The molecule has 1 spiro atoms. The molecular weight excluding hydrogens is 172 g/mol. The number of hydrogen-bond donors (Lipinski definition) is 1. The molecule has 2 aliphatic heterocycles. The third kappa shape index (κ3) is 1.47. The van der Waals surface area contributed by atoms with E-state index in [-0.39, 0.29) is 0 Å². The predicted octanol–water partition coefficient (Wildman–Crippen LogP) is 0.357. The molecule has 0 aromatic rings. The smallest absolute Gasteiger partial charge is 0.333 e. The van der Waals surface area contributed by atoms with Crippen molar-refractivity contribution < 1.29 is 19.4 Å². The Morgan fingerprint density at radius 2 is 2.38 bits per heavy atom. The average Bonchev–Trinajstić information content (AvgIpc) is 2.14. The van der Waals surface area contributed by atoms with Gasteiger partial charge in [-0.1, -0.05) is 0 Å². The van der Waals surface area contributed by atoms with E-state index in [1.165, 1.54) is 12.2 Å². The second-order valence-electron chi connectivity index (χ2n) is 3.34. The molecule has 1 saturated heterocycles. The van der Waals surface area contributed by atoms with E-state index in [0.29, 0.717) is 13.0 Å². The lowest BCUT2D eigenvalue weighted by atomic mass is 9.98. The van der Waals surface area contributed by atoms with Crippen molar-refractivity contribution in [2.45, 2.75) is 31.2 Å². The second-order valence-corrected chi connectivity index (χ2v) is 3.34. The first-order valence-corrected chi connectivity index (χ1v) is 4.46. The Bertz CT molecular complexity index is 240. The third-order valence-corrected chi connectivity index (χ3v) is 2.40. The molecule has 2 heterocycles. The van der Waals surface area contributed by atoms with Gasteiger partial charge in [-0.2, -0.15) is 0 Å². The Labute approximate surface area is 76.1 Å². The van der Waals surface area contributed by atoms with Crippen LogP contribution < -0.4 is 0 Å². The van der Waals surface area contributed by atoms with Crippen LogP contribution in [0.4, 0.5) is 0 Å². The molecule has 0 aromatic heterocycles. The number of carbonyl (C=O) groups excluding carboxylic acids is 1. The number of ether oxygens (including phenoxy) is 2. The molecular formula is C9H12O4. The molecule has 0 amide bonds. The summed E-state index contributed by atoms with van der Waals surface area (Å²) in [4.78, 5) is 11.0. The molecule has 4 nitrogen and oxygen atoms in total. The molecule has 0 aromatic carbocycles. The first kappa shape index (κ1) is 8.72. The topological polar surface area (TPSA) is 55.8 Å². The van der Waals surface area contributed by atoms with E-state index in [9.17, 15) is 9.90 Å². The van der Waals surface area contributed by atoms with Gasteiger partial charge in [0.15, 0.2) is 0 Å². The quantitative estimate of drug-likeness (QED) is 0.552. The van der Waals surface area contributed by atoms with E-state index in [4.69, 9.17) is 9.47 Å². The Hall–Kier alpha value is -0.870. The lowest BCUT2D eigenvalue weighted by molar-refractivity contribution is -0.277. The highest BCUT2D eigenvalue weighted by atomic mass is 16.7. The first-order chi connectivity index (χ1) is 6.23. The third-order valence-electron chi connectivity index (χ3n) is 2.40. The van der Waals surface area contributed by atoms with Crippen molar-refractivity contribution >= 4 is 5.97 Å². The fraction of sp³-hybridized carbons (Fsp3) is 0.667. The highest BCUT2D eigenvalue weighted by Crippen LogP contribution is 2.32. The van der Waals surface area contributed by atoms with E-state index in [2.05, 4.69) is 0 Å². The zero-order valence-electron chi connectivity index (χ0n) is 7.23. The summed E-state index contributed by atoms with van der Waals surface area (Å²) in [5.74, 6) is -1.53. The van der Waals surface area contributed by atoms with Crippen LogP contribution in [0.5, 0.6) is 0 Å². The first-order valence-electron chi connectivity index (χ1n) is 4.46. The Morgan fingerprint density at radius 3 is 3.08 bits per heavy atom. The number of esters is 1. The SMILES string of the molecule is O=C1C=C[C@@H](O)[C@@]2(CCCCO2)O1. The summed E-state index contributed by atoms with van der Waals surface area (Å²) in [5, 5.41) is 9.61. The summed E-state index contributed by atoms with van der Waals surface area (Å²) in [6.45, 7) is 0.540. The Morgan fingerprint density at radius 1 is 1.54 bits per heavy atom. The number of aliphatic hydroxyl groups excluding tert-OH is 1. The van der Waals surface area contributed by atoms with Gasteiger partial charge in [-0.3, -0.25) is 0 Å². The van der Waals surface area contributed by atoms with Crippen molar-refractivity contribution in [3.63, 3.8) is 0 Å². The van der Waals surface area contributed by atoms with Crippen LogP contribution in [0.2, 0.25) is 0 Å². The van der Waals surface area contributed by atoms with Gasteiger partial charge in [-0.25, -0.2) is 4.79 Å². The normalized spacial score (nSPS) is 39.2. The fourth-order valence-electron chi connectivity index (χ4n) is 1.69. The minimum Gasteiger partial charge on any atom is -0.427 e. The number of rotatable bonds is 0. The maximum atomic E-state index is 11.0.